The Bertz CT molecular complexity index is 1020. The zero-order chi connectivity index (χ0) is 23.6. The highest BCUT2D eigenvalue weighted by Crippen LogP contribution is 2.14. The van der Waals surface area contributed by atoms with Gasteiger partial charge in [0.25, 0.3) is 0 Å². The summed E-state index contributed by atoms with van der Waals surface area (Å²) in [5, 5.41) is 2.88. The van der Waals surface area contributed by atoms with E-state index in [0.29, 0.717) is 24.4 Å². The van der Waals surface area contributed by atoms with Gasteiger partial charge in [0.05, 0.1) is 12.8 Å². The first kappa shape index (κ1) is 24.0. The van der Waals surface area contributed by atoms with Crippen LogP contribution in [0.5, 0.6) is 0 Å². The minimum Gasteiger partial charge on any atom is -0.467 e. The number of halogens is 1. The van der Waals surface area contributed by atoms with Gasteiger partial charge in [-0.15, -0.1) is 0 Å². The highest BCUT2D eigenvalue weighted by Gasteiger charge is 2.22. The predicted molar refractivity (Wildman–Crippen MR) is 126 cm³/mol. The summed E-state index contributed by atoms with van der Waals surface area (Å²) in [6.07, 6.45) is 3.19. The van der Waals surface area contributed by atoms with Crippen molar-refractivity contribution < 1.29 is 18.4 Å². The van der Waals surface area contributed by atoms with Gasteiger partial charge in [-0.2, -0.15) is 0 Å². The van der Waals surface area contributed by atoms with Crippen LogP contribution in [0.15, 0.2) is 71.3 Å². The number of amides is 3. The molecule has 6 nitrogen and oxygen atoms in total. The molecule has 0 saturated carbocycles. The summed E-state index contributed by atoms with van der Waals surface area (Å²) in [5.41, 5.74) is 2.66. The van der Waals surface area contributed by atoms with Crippen LogP contribution < -0.4 is 5.32 Å². The standard InChI is InChI=1S/C26H30FN3O3/c1-3-15-29(26(32)28-23-13-9-20(4-2)10-14-23)19-25(31)30(18-24-6-5-16-33-24)17-21-7-11-22(27)12-8-21/h5-14,16H,3-4,15,17-19H2,1-2H3,(H,28,32). The summed E-state index contributed by atoms with van der Waals surface area (Å²) in [7, 11) is 0. The molecule has 7 heteroatoms. The summed E-state index contributed by atoms with van der Waals surface area (Å²) in [4.78, 5) is 29.3. The lowest BCUT2D eigenvalue weighted by molar-refractivity contribution is -0.133. The minimum absolute atomic E-state index is 0.0748. The number of nitrogens with one attached hydrogen (secondary N) is 1. The van der Waals surface area contributed by atoms with Crippen molar-refractivity contribution in [1.82, 2.24) is 9.80 Å². The quantitative estimate of drug-likeness (QED) is 0.446. The van der Waals surface area contributed by atoms with E-state index in [4.69, 9.17) is 4.42 Å². The Morgan fingerprint density at radius 2 is 1.61 bits per heavy atom. The number of urea groups is 1. The molecular formula is C26H30FN3O3. The van der Waals surface area contributed by atoms with E-state index in [0.717, 1.165) is 12.0 Å². The molecule has 0 aliphatic rings. The molecule has 1 aromatic heterocycles. The van der Waals surface area contributed by atoms with E-state index in [1.165, 1.54) is 22.6 Å². The molecule has 1 N–H and O–H groups in total. The Morgan fingerprint density at radius 3 is 2.21 bits per heavy atom. The average Bonchev–Trinajstić information content (AvgIpc) is 3.33. The molecule has 0 unspecified atom stereocenters. The van der Waals surface area contributed by atoms with Crippen molar-refractivity contribution in [3.05, 3.63) is 89.6 Å². The number of rotatable bonds is 10. The molecule has 3 rings (SSSR count). The highest BCUT2D eigenvalue weighted by molar-refractivity contribution is 5.92. The maximum Gasteiger partial charge on any atom is 0.322 e. The molecular weight excluding hydrogens is 421 g/mol. The molecule has 3 amide bonds. The van der Waals surface area contributed by atoms with Crippen LogP contribution in [-0.4, -0.2) is 34.8 Å². The highest BCUT2D eigenvalue weighted by atomic mass is 19.1. The fourth-order valence-corrected chi connectivity index (χ4v) is 3.45. The van der Waals surface area contributed by atoms with Crippen LogP contribution in [0.1, 0.15) is 37.2 Å². The summed E-state index contributed by atoms with van der Waals surface area (Å²) in [6.45, 7) is 4.93. The number of nitrogens with zero attached hydrogens (tertiary/aromatic N) is 2. The molecule has 0 bridgehead atoms. The number of hydrogen-bond acceptors (Lipinski definition) is 3. The van der Waals surface area contributed by atoms with Crippen molar-refractivity contribution in [1.29, 1.82) is 0 Å². The number of anilines is 1. The number of hydrogen-bond donors (Lipinski definition) is 1. The summed E-state index contributed by atoms with van der Waals surface area (Å²) in [6, 6.07) is 16.9. The SMILES string of the molecule is CCCN(CC(=O)N(Cc1ccc(F)cc1)Cc1ccco1)C(=O)Nc1ccc(CC)cc1. The van der Waals surface area contributed by atoms with Crippen LogP contribution in [0.3, 0.4) is 0 Å². The Labute approximate surface area is 194 Å². The third-order valence-electron chi connectivity index (χ3n) is 5.29. The molecule has 0 saturated heterocycles. The third-order valence-corrected chi connectivity index (χ3v) is 5.29. The molecule has 3 aromatic rings. The zero-order valence-corrected chi connectivity index (χ0v) is 19.1. The van der Waals surface area contributed by atoms with Gasteiger partial charge in [-0.3, -0.25) is 4.79 Å². The van der Waals surface area contributed by atoms with E-state index in [1.54, 1.807) is 35.4 Å². The van der Waals surface area contributed by atoms with Crippen LogP contribution in [0.2, 0.25) is 0 Å². The second-order valence-corrected chi connectivity index (χ2v) is 7.86. The average molecular weight is 452 g/mol. The third kappa shape index (κ3) is 7.20. The van der Waals surface area contributed by atoms with Gasteiger partial charge in [0.2, 0.25) is 5.91 Å². The first-order valence-electron chi connectivity index (χ1n) is 11.2. The first-order valence-corrected chi connectivity index (χ1v) is 11.2. The maximum atomic E-state index is 13.3. The van der Waals surface area contributed by atoms with Gasteiger partial charge in [-0.1, -0.05) is 38.1 Å². The molecule has 0 aliphatic heterocycles. The molecule has 33 heavy (non-hydrogen) atoms. The molecule has 174 valence electrons. The summed E-state index contributed by atoms with van der Waals surface area (Å²) < 4.78 is 18.7. The van der Waals surface area contributed by atoms with Crippen molar-refractivity contribution in [3.63, 3.8) is 0 Å². The Morgan fingerprint density at radius 1 is 0.909 bits per heavy atom. The fraction of sp³-hybridized carbons (Fsp3) is 0.308. The van der Waals surface area contributed by atoms with Gasteiger partial charge in [0.15, 0.2) is 0 Å². The van der Waals surface area contributed by atoms with Crippen LogP contribution in [0, 0.1) is 5.82 Å². The number of benzene rings is 2. The fourth-order valence-electron chi connectivity index (χ4n) is 3.45. The van der Waals surface area contributed by atoms with Crippen LogP contribution in [-0.2, 0) is 24.3 Å². The topological polar surface area (TPSA) is 65.8 Å². The van der Waals surface area contributed by atoms with Crippen molar-refractivity contribution in [2.75, 3.05) is 18.4 Å². The normalized spacial score (nSPS) is 10.6. The van der Waals surface area contributed by atoms with Gasteiger partial charge in [-0.05, 0) is 60.4 Å². The lowest BCUT2D eigenvalue weighted by atomic mass is 10.1. The maximum absolute atomic E-state index is 13.3. The van der Waals surface area contributed by atoms with E-state index >= 15 is 0 Å². The Hall–Kier alpha value is -3.61. The van der Waals surface area contributed by atoms with E-state index < -0.39 is 0 Å². The van der Waals surface area contributed by atoms with Crippen LogP contribution >= 0.6 is 0 Å². The van der Waals surface area contributed by atoms with Gasteiger partial charge in [0.1, 0.15) is 18.1 Å². The first-order chi connectivity index (χ1) is 16.0. The lowest BCUT2D eigenvalue weighted by Crippen LogP contribution is -2.44. The minimum atomic E-state index is -0.333. The second-order valence-electron chi connectivity index (χ2n) is 7.86. The molecule has 0 fully saturated rings. The summed E-state index contributed by atoms with van der Waals surface area (Å²) in [5.74, 6) is 0.0778. The van der Waals surface area contributed by atoms with Crippen LogP contribution in [0.25, 0.3) is 0 Å². The lowest BCUT2D eigenvalue weighted by Gasteiger charge is -2.27. The van der Waals surface area contributed by atoms with E-state index in [1.807, 2.05) is 31.2 Å². The van der Waals surface area contributed by atoms with Gasteiger partial charge in [-0.25, -0.2) is 9.18 Å². The number of carbonyl (C=O) groups is 2. The van der Waals surface area contributed by atoms with Gasteiger partial charge >= 0.3 is 6.03 Å². The molecule has 0 radical (unpaired) electrons. The van der Waals surface area contributed by atoms with Crippen molar-refractivity contribution in [3.8, 4) is 0 Å². The smallest absolute Gasteiger partial charge is 0.322 e. The predicted octanol–water partition coefficient (Wildman–Crippen LogP) is 5.45. The molecule has 2 aromatic carbocycles. The van der Waals surface area contributed by atoms with Crippen molar-refractivity contribution in [2.45, 2.75) is 39.8 Å². The second kappa shape index (κ2) is 11.9. The Balaban J connectivity index is 1.71. The molecule has 1 heterocycles. The number of aryl methyl sites for hydroxylation is 1. The van der Waals surface area contributed by atoms with Gasteiger partial charge in [0, 0.05) is 18.8 Å². The summed E-state index contributed by atoms with van der Waals surface area (Å²) >= 11 is 0. The monoisotopic (exact) mass is 451 g/mol. The van der Waals surface area contributed by atoms with Crippen molar-refractivity contribution >= 4 is 17.6 Å². The Kier molecular flexibility index (Phi) is 8.63. The number of furan rings is 1. The van der Waals surface area contributed by atoms with Gasteiger partial charge < -0.3 is 19.5 Å². The number of carbonyl (C=O) groups excluding carboxylic acids is 2. The molecule has 0 aliphatic carbocycles. The molecule has 0 spiro atoms. The van der Waals surface area contributed by atoms with Crippen LogP contribution in [0.4, 0.5) is 14.9 Å². The van der Waals surface area contributed by atoms with E-state index in [-0.39, 0.29) is 37.4 Å². The zero-order valence-electron chi connectivity index (χ0n) is 19.1. The van der Waals surface area contributed by atoms with Crippen molar-refractivity contribution in [2.24, 2.45) is 0 Å². The van der Waals surface area contributed by atoms with E-state index in [2.05, 4.69) is 12.2 Å². The largest absolute Gasteiger partial charge is 0.467 e. The molecule has 0 atom stereocenters. The van der Waals surface area contributed by atoms with E-state index in [9.17, 15) is 14.0 Å².